The van der Waals surface area contributed by atoms with Crippen LogP contribution in [0.2, 0.25) is 0 Å². The van der Waals surface area contributed by atoms with E-state index in [-0.39, 0.29) is 15.9 Å². The molecule has 6 heteroatoms. The van der Waals surface area contributed by atoms with E-state index in [2.05, 4.69) is 55.7 Å². The molecule has 0 aliphatic rings. The summed E-state index contributed by atoms with van der Waals surface area (Å²) in [6.07, 6.45) is 1.32. The first kappa shape index (κ1) is 14.3. The Morgan fingerprint density at radius 2 is 2.05 bits per heavy atom. The van der Waals surface area contributed by atoms with Gasteiger partial charge in [0.25, 0.3) is 5.56 Å². The number of nitrogens with zero attached hydrogens (tertiary/aromatic N) is 1. The highest BCUT2D eigenvalue weighted by atomic mass is 79.9. The molecular weight excluding hydrogens is 376 g/mol. The van der Waals surface area contributed by atoms with Crippen LogP contribution in [0.1, 0.15) is 25.3 Å². The SMILES string of the molecule is CC(C)c1cc(Br)ccc1Oc1nc[nH]c(=O)c1Br. The smallest absolute Gasteiger partial charge is 0.268 e. The molecule has 1 aromatic heterocycles. The third kappa shape index (κ3) is 3.25. The van der Waals surface area contributed by atoms with Crippen molar-refractivity contribution in [3.05, 3.63) is 49.4 Å². The average Bonchev–Trinajstić information content (AvgIpc) is 2.36. The van der Waals surface area contributed by atoms with Gasteiger partial charge in [-0.1, -0.05) is 29.8 Å². The first-order chi connectivity index (χ1) is 8.99. The molecule has 2 aromatic rings. The van der Waals surface area contributed by atoms with Crippen molar-refractivity contribution in [1.82, 2.24) is 9.97 Å². The van der Waals surface area contributed by atoms with Crippen LogP contribution < -0.4 is 10.3 Å². The summed E-state index contributed by atoms with van der Waals surface area (Å²) in [5, 5.41) is 0. The number of aromatic amines is 1. The summed E-state index contributed by atoms with van der Waals surface area (Å²) in [7, 11) is 0. The maximum atomic E-state index is 11.5. The van der Waals surface area contributed by atoms with Crippen molar-refractivity contribution >= 4 is 31.9 Å². The van der Waals surface area contributed by atoms with E-state index in [9.17, 15) is 4.79 Å². The zero-order valence-electron chi connectivity index (χ0n) is 10.4. The van der Waals surface area contributed by atoms with Gasteiger partial charge in [0.15, 0.2) is 0 Å². The monoisotopic (exact) mass is 386 g/mol. The number of halogens is 2. The number of benzene rings is 1. The Morgan fingerprint density at radius 1 is 1.32 bits per heavy atom. The Hall–Kier alpha value is -1.14. The van der Waals surface area contributed by atoms with Crippen LogP contribution in [0.25, 0.3) is 0 Å². The minimum Gasteiger partial charge on any atom is -0.437 e. The van der Waals surface area contributed by atoms with Crippen molar-refractivity contribution in [3.8, 4) is 11.6 Å². The average molecular weight is 388 g/mol. The van der Waals surface area contributed by atoms with Gasteiger partial charge in [0.2, 0.25) is 5.88 Å². The number of ether oxygens (including phenoxy) is 1. The van der Waals surface area contributed by atoms with E-state index in [1.54, 1.807) is 0 Å². The van der Waals surface area contributed by atoms with Gasteiger partial charge in [-0.15, -0.1) is 0 Å². The third-order valence-corrected chi connectivity index (χ3v) is 3.76. The molecule has 1 aromatic carbocycles. The van der Waals surface area contributed by atoms with Crippen molar-refractivity contribution in [2.45, 2.75) is 19.8 Å². The molecule has 0 saturated heterocycles. The fourth-order valence-corrected chi connectivity index (χ4v) is 2.28. The molecule has 2 rings (SSSR count). The molecule has 0 spiro atoms. The highest BCUT2D eigenvalue weighted by Crippen LogP contribution is 2.33. The number of rotatable bonds is 3. The predicted octanol–water partition coefficient (Wildman–Crippen LogP) is 4.21. The first-order valence-electron chi connectivity index (χ1n) is 5.69. The van der Waals surface area contributed by atoms with E-state index >= 15 is 0 Å². The highest BCUT2D eigenvalue weighted by molar-refractivity contribution is 9.10. The van der Waals surface area contributed by atoms with E-state index < -0.39 is 0 Å². The second-order valence-electron chi connectivity index (χ2n) is 4.29. The van der Waals surface area contributed by atoms with Crippen molar-refractivity contribution in [2.75, 3.05) is 0 Å². The molecule has 0 atom stereocenters. The van der Waals surface area contributed by atoms with Crippen LogP contribution in [-0.2, 0) is 0 Å². The summed E-state index contributed by atoms with van der Waals surface area (Å²) in [4.78, 5) is 18.0. The van der Waals surface area contributed by atoms with Gasteiger partial charge in [-0.3, -0.25) is 4.79 Å². The Kier molecular flexibility index (Phi) is 4.42. The standard InChI is InChI=1S/C13H12Br2N2O2/c1-7(2)9-5-8(14)3-4-10(9)19-13-11(15)12(18)16-6-17-13/h3-7H,1-2H3,(H,16,17,18). The molecular formula is C13H12Br2N2O2. The third-order valence-electron chi connectivity index (χ3n) is 2.57. The topological polar surface area (TPSA) is 55.0 Å². The number of aromatic nitrogens is 2. The molecule has 0 bridgehead atoms. The van der Waals surface area contributed by atoms with Gasteiger partial charge in [-0.05, 0) is 45.6 Å². The lowest BCUT2D eigenvalue weighted by atomic mass is 10.0. The van der Waals surface area contributed by atoms with Crippen LogP contribution in [0, 0.1) is 0 Å². The Morgan fingerprint density at radius 3 is 2.74 bits per heavy atom. The lowest BCUT2D eigenvalue weighted by Gasteiger charge is -2.14. The van der Waals surface area contributed by atoms with Crippen molar-refractivity contribution in [2.24, 2.45) is 0 Å². The van der Waals surface area contributed by atoms with Gasteiger partial charge in [0.1, 0.15) is 10.2 Å². The zero-order valence-corrected chi connectivity index (χ0v) is 13.6. The lowest BCUT2D eigenvalue weighted by molar-refractivity contribution is 0.448. The van der Waals surface area contributed by atoms with Crippen molar-refractivity contribution < 1.29 is 4.74 Å². The molecule has 0 aliphatic heterocycles. The molecule has 19 heavy (non-hydrogen) atoms. The molecule has 0 amide bonds. The minimum absolute atomic E-state index is 0.257. The van der Waals surface area contributed by atoms with Crippen LogP contribution in [-0.4, -0.2) is 9.97 Å². The Labute approximate surface area is 127 Å². The number of hydrogen-bond donors (Lipinski definition) is 1. The summed E-state index contributed by atoms with van der Waals surface area (Å²) in [5.41, 5.74) is 0.775. The van der Waals surface area contributed by atoms with Crippen LogP contribution in [0.5, 0.6) is 11.6 Å². The van der Waals surface area contributed by atoms with Gasteiger partial charge < -0.3 is 9.72 Å². The minimum atomic E-state index is -0.270. The first-order valence-corrected chi connectivity index (χ1v) is 7.28. The van der Waals surface area contributed by atoms with Crippen LogP contribution in [0.4, 0.5) is 0 Å². The normalized spacial score (nSPS) is 10.8. The maximum Gasteiger partial charge on any atom is 0.268 e. The summed E-state index contributed by atoms with van der Waals surface area (Å²) in [6.45, 7) is 4.16. The Bertz CT molecular complexity index is 653. The van der Waals surface area contributed by atoms with Crippen molar-refractivity contribution in [3.63, 3.8) is 0 Å². The maximum absolute atomic E-state index is 11.5. The molecule has 0 saturated carbocycles. The Balaban J connectivity index is 2.44. The van der Waals surface area contributed by atoms with Crippen molar-refractivity contribution in [1.29, 1.82) is 0 Å². The molecule has 0 fully saturated rings. The molecule has 1 heterocycles. The lowest BCUT2D eigenvalue weighted by Crippen LogP contribution is -2.08. The second kappa shape index (κ2) is 5.88. The highest BCUT2D eigenvalue weighted by Gasteiger charge is 2.13. The molecule has 0 unspecified atom stereocenters. The second-order valence-corrected chi connectivity index (χ2v) is 6.00. The summed E-state index contributed by atoms with van der Waals surface area (Å²) in [5.74, 6) is 1.25. The molecule has 4 nitrogen and oxygen atoms in total. The summed E-state index contributed by atoms with van der Waals surface area (Å²) in [6, 6.07) is 5.75. The van der Waals surface area contributed by atoms with Gasteiger partial charge in [-0.2, -0.15) is 0 Å². The number of nitrogens with one attached hydrogen (secondary N) is 1. The molecule has 1 N–H and O–H groups in total. The molecule has 100 valence electrons. The van der Waals surface area contributed by atoms with E-state index in [1.165, 1.54) is 6.33 Å². The number of hydrogen-bond acceptors (Lipinski definition) is 3. The molecule has 0 radical (unpaired) electrons. The predicted molar refractivity (Wildman–Crippen MR) is 80.9 cm³/mol. The van der Waals surface area contributed by atoms with E-state index in [0.29, 0.717) is 11.7 Å². The van der Waals surface area contributed by atoms with Crippen LogP contribution in [0.15, 0.2) is 38.3 Å². The fourth-order valence-electron chi connectivity index (χ4n) is 1.61. The van der Waals surface area contributed by atoms with E-state index in [0.717, 1.165) is 10.0 Å². The van der Waals surface area contributed by atoms with Gasteiger partial charge >= 0.3 is 0 Å². The van der Waals surface area contributed by atoms with Gasteiger partial charge in [-0.25, -0.2) is 4.98 Å². The molecule has 0 aliphatic carbocycles. The quantitative estimate of drug-likeness (QED) is 0.858. The van der Waals surface area contributed by atoms with Crippen LogP contribution in [0.3, 0.4) is 0 Å². The number of H-pyrrole nitrogens is 1. The van der Waals surface area contributed by atoms with Gasteiger partial charge in [0.05, 0.1) is 6.33 Å². The van der Waals surface area contributed by atoms with Crippen LogP contribution >= 0.6 is 31.9 Å². The van der Waals surface area contributed by atoms with Gasteiger partial charge in [0, 0.05) is 4.47 Å². The summed E-state index contributed by atoms with van der Waals surface area (Å²) >= 11 is 6.61. The van der Waals surface area contributed by atoms with E-state index in [1.807, 2.05) is 18.2 Å². The summed E-state index contributed by atoms with van der Waals surface area (Å²) < 4.78 is 7.01. The largest absolute Gasteiger partial charge is 0.437 e. The van der Waals surface area contributed by atoms with E-state index in [4.69, 9.17) is 4.74 Å². The zero-order chi connectivity index (χ0) is 14.0. The fraction of sp³-hybridized carbons (Fsp3) is 0.231.